The average molecular weight is 929 g/mol. The molecule has 0 spiro atoms. The van der Waals surface area contributed by atoms with E-state index in [1.807, 2.05) is 30.3 Å². The molecule has 11 heteroatoms. The van der Waals surface area contributed by atoms with Gasteiger partial charge in [0.2, 0.25) is 5.91 Å². The largest absolute Gasteiger partial charge is 0.462 e. The second-order valence-corrected chi connectivity index (χ2v) is 19.5. The molecule has 0 aliphatic rings. The standard InChI is InChI=1S/C55H96N2O9/c1-6-8-10-12-14-16-18-20-22-24-26-28-30-32-37-41-50(58)64-46-48(65-51(59)42-38-33-31-29-27-25-23-21-19-17-15-13-11-9-7-2)44-56-53(61)49(57-54(62)66-55(3,4)5)43-52(60)63-45-47-39-35-34-36-40-47/h34-36,39-40,48-49H,6-33,37-38,41-46H2,1-5H3,(H,56,61)(H,57,62). The van der Waals surface area contributed by atoms with Gasteiger partial charge in [0, 0.05) is 12.8 Å². The molecule has 380 valence electrons. The number of hydrogen-bond donors (Lipinski definition) is 2. The Bertz CT molecular complexity index is 1370. The van der Waals surface area contributed by atoms with Crippen molar-refractivity contribution >= 4 is 29.9 Å². The van der Waals surface area contributed by atoms with Crippen LogP contribution in [0.2, 0.25) is 0 Å². The minimum atomic E-state index is -1.34. The Kier molecular flexibility index (Phi) is 38.0. The first-order valence-electron chi connectivity index (χ1n) is 26.7. The third kappa shape index (κ3) is 38.5. The first-order chi connectivity index (χ1) is 31.9. The van der Waals surface area contributed by atoms with E-state index in [4.69, 9.17) is 18.9 Å². The summed E-state index contributed by atoms with van der Waals surface area (Å²) in [6.45, 7) is 9.16. The fraction of sp³-hybridized carbons (Fsp3) is 0.800. The van der Waals surface area contributed by atoms with Crippen molar-refractivity contribution in [1.29, 1.82) is 0 Å². The number of nitrogens with one attached hydrogen (secondary N) is 2. The van der Waals surface area contributed by atoms with Crippen molar-refractivity contribution in [2.75, 3.05) is 13.2 Å². The topological polar surface area (TPSA) is 146 Å². The summed E-state index contributed by atoms with van der Waals surface area (Å²) in [6, 6.07) is 7.78. The summed E-state index contributed by atoms with van der Waals surface area (Å²) in [5, 5.41) is 5.18. The van der Waals surface area contributed by atoms with Crippen LogP contribution in [0.25, 0.3) is 0 Å². The number of alkyl carbamates (subject to hydrolysis) is 1. The van der Waals surface area contributed by atoms with Gasteiger partial charge in [-0.2, -0.15) is 0 Å². The summed E-state index contributed by atoms with van der Waals surface area (Å²) in [5.74, 6) is -2.22. The van der Waals surface area contributed by atoms with Crippen LogP contribution in [0.5, 0.6) is 0 Å². The van der Waals surface area contributed by atoms with Crippen molar-refractivity contribution in [2.45, 2.75) is 271 Å². The van der Waals surface area contributed by atoms with Crippen LogP contribution in [0, 0.1) is 0 Å². The molecule has 66 heavy (non-hydrogen) atoms. The van der Waals surface area contributed by atoms with Gasteiger partial charge in [-0.15, -0.1) is 0 Å². The molecule has 0 saturated heterocycles. The van der Waals surface area contributed by atoms with Crippen LogP contribution in [0.4, 0.5) is 4.79 Å². The fourth-order valence-electron chi connectivity index (χ4n) is 7.88. The minimum absolute atomic E-state index is 0.00258. The molecule has 11 nitrogen and oxygen atoms in total. The number of amides is 2. The molecule has 2 amide bonds. The second-order valence-electron chi connectivity index (χ2n) is 19.5. The molecule has 0 aliphatic heterocycles. The molecule has 1 rings (SSSR count). The lowest BCUT2D eigenvalue weighted by Gasteiger charge is -2.24. The predicted molar refractivity (Wildman–Crippen MR) is 267 cm³/mol. The first kappa shape index (κ1) is 60.4. The van der Waals surface area contributed by atoms with Crippen molar-refractivity contribution in [3.63, 3.8) is 0 Å². The number of carbonyl (C=O) groups is 5. The highest BCUT2D eigenvalue weighted by atomic mass is 16.6. The van der Waals surface area contributed by atoms with Crippen molar-refractivity contribution in [1.82, 2.24) is 10.6 Å². The number of benzene rings is 1. The first-order valence-corrected chi connectivity index (χ1v) is 26.7. The van der Waals surface area contributed by atoms with E-state index >= 15 is 0 Å². The summed E-state index contributed by atoms with van der Waals surface area (Å²) < 4.78 is 22.1. The van der Waals surface area contributed by atoms with Gasteiger partial charge in [0.15, 0.2) is 6.10 Å². The molecule has 1 aromatic carbocycles. The number of hydrogen-bond acceptors (Lipinski definition) is 9. The second kappa shape index (κ2) is 41.5. The van der Waals surface area contributed by atoms with Gasteiger partial charge in [-0.1, -0.05) is 224 Å². The van der Waals surface area contributed by atoms with E-state index in [0.717, 1.165) is 50.5 Å². The van der Waals surface area contributed by atoms with Crippen molar-refractivity contribution in [2.24, 2.45) is 0 Å². The molecule has 0 aliphatic carbocycles. The molecule has 0 heterocycles. The van der Waals surface area contributed by atoms with Crippen LogP contribution < -0.4 is 10.6 Å². The molecule has 2 unspecified atom stereocenters. The van der Waals surface area contributed by atoms with Crippen molar-refractivity contribution in [3.05, 3.63) is 35.9 Å². The Labute approximate surface area is 402 Å². The molecular formula is C55H96N2O9. The molecule has 1 aromatic rings. The third-order valence-corrected chi connectivity index (χ3v) is 11.8. The highest BCUT2D eigenvalue weighted by Gasteiger charge is 2.29. The van der Waals surface area contributed by atoms with Gasteiger partial charge in [-0.3, -0.25) is 19.2 Å². The van der Waals surface area contributed by atoms with E-state index in [1.54, 1.807) is 20.8 Å². The summed E-state index contributed by atoms with van der Waals surface area (Å²) >= 11 is 0. The van der Waals surface area contributed by atoms with E-state index in [1.165, 1.54) is 141 Å². The number of carbonyl (C=O) groups excluding carboxylic acids is 5. The lowest BCUT2D eigenvalue weighted by molar-refractivity contribution is -0.159. The Hall–Kier alpha value is -3.63. The van der Waals surface area contributed by atoms with Crippen molar-refractivity contribution in [3.8, 4) is 0 Å². The van der Waals surface area contributed by atoms with E-state index in [0.29, 0.717) is 6.42 Å². The zero-order chi connectivity index (χ0) is 48.4. The fourth-order valence-corrected chi connectivity index (χ4v) is 7.88. The van der Waals surface area contributed by atoms with Gasteiger partial charge >= 0.3 is 24.0 Å². The number of esters is 3. The summed E-state index contributed by atoms with van der Waals surface area (Å²) in [7, 11) is 0. The quantitative estimate of drug-likeness (QED) is 0.0371. The summed E-state index contributed by atoms with van der Waals surface area (Å²) in [4.78, 5) is 65.0. The Balaban J connectivity index is 2.62. The molecule has 0 saturated carbocycles. The SMILES string of the molecule is CCCCCCCCCCCCCCCCCC(=O)OCC(CNC(=O)C(CC(=O)OCc1ccccc1)NC(=O)OC(C)(C)C)OC(=O)CCCCCCCCCCCCCCCCC. The van der Waals surface area contributed by atoms with Crippen LogP contribution in [-0.2, 0) is 44.7 Å². The summed E-state index contributed by atoms with van der Waals surface area (Å²) in [5.41, 5.74) is -0.0728. The lowest BCUT2D eigenvalue weighted by Crippen LogP contribution is -2.51. The van der Waals surface area contributed by atoms with Gasteiger partial charge < -0.3 is 29.6 Å². The van der Waals surface area contributed by atoms with E-state index in [2.05, 4.69) is 24.5 Å². The molecule has 2 N–H and O–H groups in total. The zero-order valence-electron chi connectivity index (χ0n) is 42.7. The lowest BCUT2D eigenvalue weighted by atomic mass is 10.0. The van der Waals surface area contributed by atoms with Crippen molar-refractivity contribution < 1.29 is 42.9 Å². The van der Waals surface area contributed by atoms with E-state index in [-0.39, 0.29) is 38.6 Å². The summed E-state index contributed by atoms with van der Waals surface area (Å²) in [6.07, 6.45) is 35.0. The zero-order valence-corrected chi connectivity index (χ0v) is 42.7. The normalized spacial score (nSPS) is 12.3. The van der Waals surface area contributed by atoms with Crippen LogP contribution in [0.15, 0.2) is 30.3 Å². The maximum Gasteiger partial charge on any atom is 0.408 e. The molecule has 0 fully saturated rings. The maximum atomic E-state index is 13.5. The number of unbranched alkanes of at least 4 members (excludes halogenated alkanes) is 28. The smallest absolute Gasteiger partial charge is 0.408 e. The molecule has 0 aromatic heterocycles. The highest BCUT2D eigenvalue weighted by Crippen LogP contribution is 2.16. The van der Waals surface area contributed by atoms with Crippen LogP contribution in [0.1, 0.15) is 252 Å². The Morgan fingerprint density at radius 3 is 1.35 bits per heavy atom. The van der Waals surface area contributed by atoms with E-state index < -0.39 is 48.1 Å². The maximum absolute atomic E-state index is 13.5. The molecule has 0 radical (unpaired) electrons. The number of ether oxygens (including phenoxy) is 4. The molecule has 0 bridgehead atoms. The predicted octanol–water partition coefficient (Wildman–Crippen LogP) is 14.1. The number of rotatable bonds is 43. The van der Waals surface area contributed by atoms with Crippen LogP contribution >= 0.6 is 0 Å². The van der Waals surface area contributed by atoms with Crippen LogP contribution in [0.3, 0.4) is 0 Å². The third-order valence-electron chi connectivity index (χ3n) is 11.8. The average Bonchev–Trinajstić information content (AvgIpc) is 3.28. The Morgan fingerprint density at radius 2 is 0.924 bits per heavy atom. The monoisotopic (exact) mass is 929 g/mol. The van der Waals surface area contributed by atoms with Crippen LogP contribution in [-0.4, -0.2) is 60.8 Å². The van der Waals surface area contributed by atoms with Gasteiger partial charge in [-0.25, -0.2) is 4.79 Å². The van der Waals surface area contributed by atoms with Gasteiger partial charge in [-0.05, 0) is 39.2 Å². The van der Waals surface area contributed by atoms with E-state index in [9.17, 15) is 24.0 Å². The van der Waals surface area contributed by atoms with Gasteiger partial charge in [0.25, 0.3) is 0 Å². The Morgan fingerprint density at radius 1 is 0.515 bits per heavy atom. The minimum Gasteiger partial charge on any atom is -0.462 e. The molecule has 2 atom stereocenters. The highest BCUT2D eigenvalue weighted by molar-refractivity contribution is 5.89. The van der Waals surface area contributed by atoms with Gasteiger partial charge in [0.1, 0.15) is 24.9 Å². The van der Waals surface area contributed by atoms with Gasteiger partial charge in [0.05, 0.1) is 13.0 Å². The molecular weight excluding hydrogens is 833 g/mol.